The number of methoxy groups -OCH3 is 1. The Balaban J connectivity index is 2.76. The van der Waals surface area contributed by atoms with Gasteiger partial charge in [0.2, 0.25) is 5.91 Å². The van der Waals surface area contributed by atoms with Gasteiger partial charge in [-0.2, -0.15) is 0 Å². The van der Waals surface area contributed by atoms with Gasteiger partial charge in [0.05, 0.1) is 25.3 Å². The molecule has 0 saturated carbocycles. The predicted octanol–water partition coefficient (Wildman–Crippen LogP) is 0.469. The highest BCUT2D eigenvalue weighted by molar-refractivity contribution is 5.95. The minimum absolute atomic E-state index is 0.126. The first kappa shape index (κ1) is 15.6. The van der Waals surface area contributed by atoms with E-state index in [1.807, 2.05) is 0 Å². The largest absolute Gasteiger partial charge is 0.384 e. The second-order valence-corrected chi connectivity index (χ2v) is 3.80. The van der Waals surface area contributed by atoms with Crippen LogP contribution in [0.1, 0.15) is 6.42 Å². The molecule has 0 bridgehead atoms. The van der Waals surface area contributed by atoms with Crippen LogP contribution in [0.3, 0.4) is 0 Å². The Morgan fingerprint density at radius 3 is 2.60 bits per heavy atom. The van der Waals surface area contributed by atoms with Gasteiger partial charge in [0, 0.05) is 7.11 Å². The van der Waals surface area contributed by atoms with Crippen molar-refractivity contribution in [2.45, 2.75) is 6.42 Å². The molecule has 3 amide bonds. The van der Waals surface area contributed by atoms with Crippen LogP contribution in [-0.4, -0.2) is 38.5 Å². The summed E-state index contributed by atoms with van der Waals surface area (Å²) in [5.74, 6) is -0.364. The molecule has 7 nitrogen and oxygen atoms in total. The summed E-state index contributed by atoms with van der Waals surface area (Å²) in [6.07, 6.45) is 0.689. The van der Waals surface area contributed by atoms with Crippen LogP contribution in [0.15, 0.2) is 30.3 Å². The number of benzene rings is 1. The summed E-state index contributed by atoms with van der Waals surface area (Å²) in [5.41, 5.74) is 2.95. The molecule has 0 atom stereocenters. The molecular weight excluding hydrogens is 262 g/mol. The number of hydrazine groups is 1. The van der Waals surface area contributed by atoms with Crippen molar-refractivity contribution in [1.29, 1.82) is 0 Å². The third kappa shape index (κ3) is 5.07. The minimum Gasteiger partial charge on any atom is -0.384 e. The molecule has 1 aromatic rings. The lowest BCUT2D eigenvalue weighted by atomic mass is 10.3. The van der Waals surface area contributed by atoms with E-state index in [0.717, 1.165) is 5.01 Å². The van der Waals surface area contributed by atoms with E-state index in [1.54, 1.807) is 30.3 Å². The van der Waals surface area contributed by atoms with Crippen LogP contribution < -0.4 is 15.8 Å². The number of anilines is 1. The van der Waals surface area contributed by atoms with Crippen LogP contribution in [0, 0.1) is 0 Å². The Kier molecular flexibility index (Phi) is 6.77. The average molecular weight is 279 g/mol. The van der Waals surface area contributed by atoms with Crippen molar-refractivity contribution in [2.24, 2.45) is 0 Å². The molecule has 108 valence electrons. The van der Waals surface area contributed by atoms with Crippen LogP contribution in [0.5, 0.6) is 0 Å². The Labute approximate surface area is 116 Å². The summed E-state index contributed by atoms with van der Waals surface area (Å²) in [5, 5.41) is 3.42. The van der Waals surface area contributed by atoms with Crippen LogP contribution in [0.25, 0.3) is 0 Å². The maximum absolute atomic E-state index is 11.9. The number of nitrogens with zero attached hydrogens (tertiary/aromatic N) is 1. The lowest BCUT2D eigenvalue weighted by Crippen LogP contribution is -2.51. The molecule has 1 aromatic carbocycles. The van der Waals surface area contributed by atoms with Gasteiger partial charge in [-0.25, -0.2) is 9.80 Å². The maximum atomic E-state index is 11.9. The molecule has 0 spiro atoms. The van der Waals surface area contributed by atoms with Gasteiger partial charge in [-0.3, -0.25) is 10.2 Å². The summed E-state index contributed by atoms with van der Waals surface area (Å²) in [4.78, 5) is 33.9. The van der Waals surface area contributed by atoms with Gasteiger partial charge in [0.25, 0.3) is 0 Å². The fourth-order valence-electron chi connectivity index (χ4n) is 1.39. The van der Waals surface area contributed by atoms with E-state index in [2.05, 4.69) is 10.7 Å². The Morgan fingerprint density at radius 1 is 1.30 bits per heavy atom. The summed E-state index contributed by atoms with van der Waals surface area (Å²) >= 11 is 0. The lowest BCUT2D eigenvalue weighted by molar-refractivity contribution is -0.122. The van der Waals surface area contributed by atoms with Gasteiger partial charge in [-0.1, -0.05) is 18.2 Å². The zero-order valence-corrected chi connectivity index (χ0v) is 11.2. The molecule has 0 fully saturated rings. The van der Waals surface area contributed by atoms with E-state index in [0.29, 0.717) is 12.0 Å². The van der Waals surface area contributed by atoms with Crippen LogP contribution >= 0.6 is 0 Å². The lowest BCUT2D eigenvalue weighted by Gasteiger charge is -2.23. The molecule has 7 heteroatoms. The Morgan fingerprint density at radius 2 is 2.00 bits per heavy atom. The van der Waals surface area contributed by atoms with Gasteiger partial charge < -0.3 is 14.8 Å². The summed E-state index contributed by atoms with van der Waals surface area (Å²) in [7, 11) is 1.49. The van der Waals surface area contributed by atoms with Crippen molar-refractivity contribution >= 4 is 23.9 Å². The summed E-state index contributed by atoms with van der Waals surface area (Å²) < 4.78 is 4.80. The fourth-order valence-corrected chi connectivity index (χ4v) is 1.39. The molecule has 0 heterocycles. The molecule has 0 saturated heterocycles. The van der Waals surface area contributed by atoms with Crippen molar-refractivity contribution in [3.8, 4) is 0 Å². The van der Waals surface area contributed by atoms with Gasteiger partial charge in [-0.15, -0.1) is 0 Å². The first-order chi connectivity index (χ1) is 9.69. The monoisotopic (exact) mass is 279 g/mol. The number of para-hydroxylation sites is 1. The van der Waals surface area contributed by atoms with Crippen molar-refractivity contribution < 1.29 is 19.1 Å². The number of carbonyl (C=O) groups excluding carboxylic acids is 3. The smallest absolute Gasteiger partial charge is 0.341 e. The first-order valence-electron chi connectivity index (χ1n) is 6.04. The second-order valence-electron chi connectivity index (χ2n) is 3.80. The van der Waals surface area contributed by atoms with Crippen molar-refractivity contribution in [1.82, 2.24) is 10.7 Å². The normalized spacial score (nSPS) is 9.65. The van der Waals surface area contributed by atoms with E-state index in [9.17, 15) is 14.4 Å². The van der Waals surface area contributed by atoms with Crippen LogP contribution in [0.2, 0.25) is 0 Å². The molecule has 0 unspecified atom stereocenters. The van der Waals surface area contributed by atoms with Gasteiger partial charge in [0.1, 0.15) is 6.29 Å². The average Bonchev–Trinajstić information content (AvgIpc) is 2.49. The highest BCUT2D eigenvalue weighted by atomic mass is 16.5. The number of aldehydes is 1. The fraction of sp³-hybridized carbons (Fsp3) is 0.308. The van der Waals surface area contributed by atoms with Crippen LogP contribution in [-0.2, 0) is 14.3 Å². The number of amides is 3. The number of hydrogen-bond donors (Lipinski definition) is 2. The highest BCUT2D eigenvalue weighted by Crippen LogP contribution is 2.11. The van der Waals surface area contributed by atoms with E-state index in [-0.39, 0.29) is 25.5 Å². The third-order valence-corrected chi connectivity index (χ3v) is 2.32. The molecular formula is C13H17N3O4. The molecule has 2 N–H and O–H groups in total. The summed E-state index contributed by atoms with van der Waals surface area (Å²) in [6, 6.07) is 7.99. The molecule has 1 rings (SSSR count). The third-order valence-electron chi connectivity index (χ3n) is 2.32. The van der Waals surface area contributed by atoms with Crippen LogP contribution in [0.4, 0.5) is 10.5 Å². The van der Waals surface area contributed by atoms with E-state index < -0.39 is 6.03 Å². The molecule has 0 aliphatic heterocycles. The molecule has 0 radical (unpaired) electrons. The van der Waals surface area contributed by atoms with E-state index >= 15 is 0 Å². The SMILES string of the molecule is COCCC(=O)NN(C(=O)NCC=O)c1ccccc1. The highest BCUT2D eigenvalue weighted by Gasteiger charge is 2.17. The topological polar surface area (TPSA) is 87.7 Å². The number of ether oxygens (including phenoxy) is 1. The molecule has 0 aromatic heterocycles. The van der Waals surface area contributed by atoms with Crippen molar-refractivity contribution in [3.63, 3.8) is 0 Å². The van der Waals surface area contributed by atoms with Gasteiger partial charge >= 0.3 is 6.03 Å². The second kappa shape index (κ2) is 8.65. The predicted molar refractivity (Wildman–Crippen MR) is 73.0 cm³/mol. The number of nitrogens with one attached hydrogen (secondary N) is 2. The number of carbonyl (C=O) groups is 3. The number of hydrogen-bond acceptors (Lipinski definition) is 4. The quantitative estimate of drug-likeness (QED) is 0.585. The number of urea groups is 1. The Bertz CT molecular complexity index is 450. The standard InChI is InChI=1S/C13H17N3O4/c1-20-10-7-12(18)15-16(13(19)14-8-9-17)11-5-3-2-4-6-11/h2-6,9H,7-8,10H2,1H3,(H,14,19)(H,15,18). The maximum Gasteiger partial charge on any atom is 0.341 e. The zero-order chi connectivity index (χ0) is 14.8. The van der Waals surface area contributed by atoms with Gasteiger partial charge in [-0.05, 0) is 12.1 Å². The van der Waals surface area contributed by atoms with Crippen molar-refractivity contribution in [2.75, 3.05) is 25.3 Å². The van der Waals surface area contributed by atoms with Gasteiger partial charge in [0.15, 0.2) is 0 Å². The molecule has 0 aliphatic rings. The van der Waals surface area contributed by atoms with E-state index in [4.69, 9.17) is 4.74 Å². The number of rotatable bonds is 6. The van der Waals surface area contributed by atoms with Crippen molar-refractivity contribution in [3.05, 3.63) is 30.3 Å². The Hall–Kier alpha value is -2.41. The zero-order valence-electron chi connectivity index (χ0n) is 11.2. The summed E-state index contributed by atoms with van der Waals surface area (Å²) in [6.45, 7) is 0.126. The minimum atomic E-state index is -0.589. The van der Waals surface area contributed by atoms with E-state index in [1.165, 1.54) is 7.11 Å². The molecule has 0 aliphatic carbocycles. The molecule has 20 heavy (non-hydrogen) atoms. The first-order valence-corrected chi connectivity index (χ1v) is 6.04.